The highest BCUT2D eigenvalue weighted by molar-refractivity contribution is 14.1. The molecule has 1 aromatic carbocycles. The molecule has 1 aliphatic rings. The zero-order valence-electron chi connectivity index (χ0n) is 14.9. The fourth-order valence-corrected chi connectivity index (χ4v) is 4.88. The molecule has 0 aliphatic heterocycles. The summed E-state index contributed by atoms with van der Waals surface area (Å²) in [5.74, 6) is 1.71. The topological polar surface area (TPSA) is 29.5 Å². The van der Waals surface area contributed by atoms with Gasteiger partial charge in [-0.2, -0.15) is 0 Å². The van der Waals surface area contributed by atoms with E-state index in [1.807, 2.05) is 12.1 Å². The molecule has 128 valence electrons. The van der Waals surface area contributed by atoms with E-state index >= 15 is 0 Å². The maximum absolute atomic E-state index is 10.8. The highest BCUT2D eigenvalue weighted by atomic mass is 127. The number of halogens is 1. The number of aliphatic hydroxyl groups is 1. The van der Waals surface area contributed by atoms with Crippen molar-refractivity contribution in [3.63, 3.8) is 0 Å². The first kappa shape index (κ1) is 18.8. The van der Waals surface area contributed by atoms with E-state index < -0.39 is 6.10 Å². The van der Waals surface area contributed by atoms with Gasteiger partial charge in [0.05, 0.1) is 13.2 Å². The predicted octanol–water partition coefficient (Wildman–Crippen LogP) is 6.00. The number of allylic oxidation sites excluding steroid dienone is 2. The van der Waals surface area contributed by atoms with Crippen LogP contribution in [0.2, 0.25) is 0 Å². The molecule has 2 rings (SSSR count). The zero-order valence-corrected chi connectivity index (χ0v) is 17.1. The molecule has 0 saturated carbocycles. The van der Waals surface area contributed by atoms with E-state index in [9.17, 15) is 5.11 Å². The SMILES string of the molecule is COc1ccc(C(O)C[C@@H]2C(I)=CCCC2(C)C)cc1C(C)C. The molecule has 3 heteroatoms. The Kier molecular flexibility index (Phi) is 6.17. The molecule has 0 bridgehead atoms. The zero-order chi connectivity index (χ0) is 17.2. The van der Waals surface area contributed by atoms with Crippen LogP contribution in [0.1, 0.15) is 70.1 Å². The van der Waals surface area contributed by atoms with Gasteiger partial charge in [-0.3, -0.25) is 0 Å². The molecule has 0 radical (unpaired) electrons. The van der Waals surface area contributed by atoms with E-state index in [4.69, 9.17) is 4.74 Å². The van der Waals surface area contributed by atoms with Gasteiger partial charge in [0.25, 0.3) is 0 Å². The van der Waals surface area contributed by atoms with Crippen LogP contribution in [-0.4, -0.2) is 12.2 Å². The van der Waals surface area contributed by atoms with Crippen molar-refractivity contribution >= 4 is 22.6 Å². The third kappa shape index (κ3) is 4.30. The summed E-state index contributed by atoms with van der Waals surface area (Å²) >= 11 is 2.46. The molecule has 23 heavy (non-hydrogen) atoms. The van der Waals surface area contributed by atoms with E-state index in [0.29, 0.717) is 11.8 Å². The summed E-state index contributed by atoms with van der Waals surface area (Å²) in [7, 11) is 1.70. The third-order valence-electron chi connectivity index (χ3n) is 5.12. The molecule has 0 fully saturated rings. The van der Waals surface area contributed by atoms with Crippen LogP contribution in [0.25, 0.3) is 0 Å². The Morgan fingerprint density at radius 3 is 2.61 bits per heavy atom. The molecular formula is C20H29IO2. The fraction of sp³-hybridized carbons (Fsp3) is 0.600. The number of hydrogen-bond donors (Lipinski definition) is 1. The number of aliphatic hydroxyl groups excluding tert-OH is 1. The molecule has 0 aromatic heterocycles. The Labute approximate surface area is 154 Å². The summed E-state index contributed by atoms with van der Waals surface area (Å²) in [6.07, 6.45) is 5.02. The van der Waals surface area contributed by atoms with Crippen molar-refractivity contribution in [2.45, 2.75) is 59.0 Å². The lowest BCUT2D eigenvalue weighted by Gasteiger charge is -2.38. The molecular weight excluding hydrogens is 399 g/mol. The predicted molar refractivity (Wildman–Crippen MR) is 105 cm³/mol. The van der Waals surface area contributed by atoms with Crippen LogP contribution in [0.4, 0.5) is 0 Å². The minimum atomic E-state index is -0.432. The number of methoxy groups -OCH3 is 1. The summed E-state index contributed by atoms with van der Waals surface area (Å²) in [5, 5.41) is 10.8. The summed E-state index contributed by atoms with van der Waals surface area (Å²) in [5.41, 5.74) is 2.41. The van der Waals surface area contributed by atoms with E-state index in [0.717, 1.165) is 29.7 Å². The van der Waals surface area contributed by atoms with Gasteiger partial charge >= 0.3 is 0 Å². The van der Waals surface area contributed by atoms with Crippen molar-refractivity contribution in [3.8, 4) is 5.75 Å². The molecule has 0 saturated heterocycles. The van der Waals surface area contributed by atoms with E-state index in [1.54, 1.807) is 7.11 Å². The molecule has 0 heterocycles. The van der Waals surface area contributed by atoms with Crippen molar-refractivity contribution in [2.24, 2.45) is 11.3 Å². The summed E-state index contributed by atoms with van der Waals surface area (Å²) in [6, 6.07) is 6.10. The minimum Gasteiger partial charge on any atom is -0.496 e. The van der Waals surface area contributed by atoms with Gasteiger partial charge in [-0.25, -0.2) is 0 Å². The Hall–Kier alpha value is -0.550. The van der Waals surface area contributed by atoms with E-state index in [2.05, 4.69) is 62.4 Å². The number of ether oxygens (including phenoxy) is 1. The lowest BCUT2D eigenvalue weighted by molar-refractivity contribution is 0.107. The highest BCUT2D eigenvalue weighted by Crippen LogP contribution is 2.47. The Morgan fingerprint density at radius 1 is 1.35 bits per heavy atom. The Morgan fingerprint density at radius 2 is 2.04 bits per heavy atom. The lowest BCUT2D eigenvalue weighted by atomic mass is 9.69. The molecule has 1 N–H and O–H groups in total. The van der Waals surface area contributed by atoms with Crippen LogP contribution in [0.15, 0.2) is 27.9 Å². The molecule has 2 atom stereocenters. The fourth-order valence-electron chi connectivity index (χ4n) is 3.47. The van der Waals surface area contributed by atoms with Gasteiger partial charge in [-0.15, -0.1) is 0 Å². The first-order valence-corrected chi connectivity index (χ1v) is 9.55. The lowest BCUT2D eigenvalue weighted by Crippen LogP contribution is -2.28. The average molecular weight is 428 g/mol. The molecule has 0 amide bonds. The first-order valence-electron chi connectivity index (χ1n) is 8.47. The number of hydrogen-bond acceptors (Lipinski definition) is 2. The van der Waals surface area contributed by atoms with Gasteiger partial charge in [0.2, 0.25) is 0 Å². The summed E-state index contributed by atoms with van der Waals surface area (Å²) in [4.78, 5) is 0. The normalized spacial score (nSPS) is 21.9. The van der Waals surface area contributed by atoms with Crippen LogP contribution in [0, 0.1) is 11.3 Å². The van der Waals surface area contributed by atoms with Gasteiger partial charge in [0.1, 0.15) is 5.75 Å². The van der Waals surface area contributed by atoms with Gasteiger partial charge in [0.15, 0.2) is 0 Å². The van der Waals surface area contributed by atoms with Crippen molar-refractivity contribution in [1.82, 2.24) is 0 Å². The second-order valence-electron chi connectivity index (χ2n) is 7.58. The average Bonchev–Trinajstić information content (AvgIpc) is 2.49. The summed E-state index contributed by atoms with van der Waals surface area (Å²) < 4.78 is 6.85. The second-order valence-corrected chi connectivity index (χ2v) is 8.82. The van der Waals surface area contributed by atoms with E-state index in [-0.39, 0.29) is 5.41 Å². The maximum atomic E-state index is 10.8. The molecule has 1 aromatic rings. The highest BCUT2D eigenvalue weighted by Gasteiger charge is 2.35. The number of rotatable bonds is 5. The quantitative estimate of drug-likeness (QED) is 0.584. The molecule has 2 nitrogen and oxygen atoms in total. The van der Waals surface area contributed by atoms with E-state index in [1.165, 1.54) is 10.0 Å². The third-order valence-corrected chi connectivity index (χ3v) is 6.32. The first-order chi connectivity index (χ1) is 10.8. The largest absolute Gasteiger partial charge is 0.496 e. The molecule has 0 spiro atoms. The molecule has 1 aliphatic carbocycles. The van der Waals surface area contributed by atoms with Crippen molar-refractivity contribution in [3.05, 3.63) is 39.0 Å². The minimum absolute atomic E-state index is 0.250. The van der Waals surface area contributed by atoms with Crippen LogP contribution in [0.3, 0.4) is 0 Å². The van der Waals surface area contributed by atoms with Crippen molar-refractivity contribution in [2.75, 3.05) is 7.11 Å². The number of benzene rings is 1. The van der Waals surface area contributed by atoms with Crippen LogP contribution in [-0.2, 0) is 0 Å². The van der Waals surface area contributed by atoms with Gasteiger partial charge < -0.3 is 9.84 Å². The van der Waals surface area contributed by atoms with Crippen molar-refractivity contribution in [1.29, 1.82) is 0 Å². The van der Waals surface area contributed by atoms with Crippen LogP contribution in [0.5, 0.6) is 5.75 Å². The van der Waals surface area contributed by atoms with Gasteiger partial charge in [-0.1, -0.05) is 39.8 Å². The van der Waals surface area contributed by atoms with Gasteiger partial charge in [-0.05, 0) is 85.9 Å². The Bertz CT molecular complexity index is 575. The second kappa shape index (κ2) is 7.56. The van der Waals surface area contributed by atoms with Crippen LogP contribution >= 0.6 is 22.6 Å². The smallest absolute Gasteiger partial charge is 0.122 e. The maximum Gasteiger partial charge on any atom is 0.122 e. The standard InChI is InChI=1S/C20H29IO2/c1-13(2)15-11-14(8-9-19(15)23-5)18(22)12-16-17(21)7-6-10-20(16,3)4/h7-9,11,13,16,18,22H,6,10,12H2,1-5H3/t16-,18?/m1/s1. The van der Waals surface area contributed by atoms with Crippen LogP contribution < -0.4 is 4.74 Å². The van der Waals surface area contributed by atoms with Crippen molar-refractivity contribution < 1.29 is 9.84 Å². The Balaban J connectivity index is 2.23. The molecule has 1 unspecified atom stereocenters. The summed E-state index contributed by atoms with van der Waals surface area (Å²) in [6.45, 7) is 8.96. The van der Waals surface area contributed by atoms with Gasteiger partial charge in [0, 0.05) is 0 Å². The monoisotopic (exact) mass is 428 g/mol.